The van der Waals surface area contributed by atoms with Crippen LogP contribution in [0.1, 0.15) is 41.0 Å². The highest BCUT2D eigenvalue weighted by atomic mass is 16.2. The average Bonchev–Trinajstić information content (AvgIpc) is 2.75. The topological polar surface area (TPSA) is 82.0 Å². The first kappa shape index (κ1) is 15.3. The van der Waals surface area contributed by atoms with Gasteiger partial charge in [-0.15, -0.1) is 0 Å². The van der Waals surface area contributed by atoms with Gasteiger partial charge in [-0.1, -0.05) is 33.8 Å². The summed E-state index contributed by atoms with van der Waals surface area (Å²) in [4.78, 5) is 23.3. The molecule has 0 radical (unpaired) electrons. The van der Waals surface area contributed by atoms with Crippen LogP contribution in [0.15, 0.2) is 23.0 Å². The van der Waals surface area contributed by atoms with Crippen molar-refractivity contribution in [3.8, 4) is 6.07 Å². The van der Waals surface area contributed by atoms with Gasteiger partial charge in [0.15, 0.2) is 6.29 Å². The second kappa shape index (κ2) is 4.45. The van der Waals surface area contributed by atoms with Crippen LogP contribution in [0.2, 0.25) is 0 Å². The van der Waals surface area contributed by atoms with Gasteiger partial charge in [0, 0.05) is 28.6 Å². The fourth-order valence-electron chi connectivity index (χ4n) is 2.82. The lowest BCUT2D eigenvalue weighted by Crippen LogP contribution is -2.46. The van der Waals surface area contributed by atoms with Crippen molar-refractivity contribution in [2.75, 3.05) is 0 Å². The summed E-state index contributed by atoms with van der Waals surface area (Å²) in [5, 5.41) is 15.4. The van der Waals surface area contributed by atoms with Gasteiger partial charge in [0.25, 0.3) is 0 Å². The van der Waals surface area contributed by atoms with Crippen LogP contribution in [-0.4, -0.2) is 17.7 Å². The molecule has 5 nitrogen and oxygen atoms in total. The summed E-state index contributed by atoms with van der Waals surface area (Å²) in [6.45, 7) is 9.55. The van der Waals surface area contributed by atoms with Gasteiger partial charge in [-0.3, -0.25) is 9.59 Å². The van der Waals surface area contributed by atoms with Gasteiger partial charge in [-0.2, -0.15) is 5.26 Å². The molecule has 2 heterocycles. The van der Waals surface area contributed by atoms with E-state index in [2.05, 4.69) is 16.7 Å². The van der Waals surface area contributed by atoms with Crippen molar-refractivity contribution >= 4 is 12.2 Å². The van der Waals surface area contributed by atoms with E-state index in [1.165, 1.54) is 0 Å². The Morgan fingerprint density at radius 1 is 1.33 bits per heavy atom. The first-order valence-electron chi connectivity index (χ1n) is 6.99. The summed E-state index contributed by atoms with van der Waals surface area (Å²) in [6.07, 6.45) is 3.00. The molecule has 21 heavy (non-hydrogen) atoms. The Bertz CT molecular complexity index is 620. The summed E-state index contributed by atoms with van der Waals surface area (Å²) in [7, 11) is 0. The summed E-state index contributed by atoms with van der Waals surface area (Å²) in [5.74, 6) is -0.0877. The molecule has 0 aromatic rings. The molecule has 2 aliphatic heterocycles. The molecule has 0 aromatic heterocycles. The molecule has 1 amide bonds. The van der Waals surface area contributed by atoms with E-state index in [0.29, 0.717) is 23.4 Å². The number of hydrogen-bond acceptors (Lipinski definition) is 4. The van der Waals surface area contributed by atoms with Crippen molar-refractivity contribution in [1.82, 2.24) is 10.6 Å². The van der Waals surface area contributed by atoms with Crippen LogP contribution in [0.5, 0.6) is 0 Å². The Kier molecular flexibility index (Phi) is 3.25. The van der Waals surface area contributed by atoms with Gasteiger partial charge >= 0.3 is 0 Å². The minimum Gasteiger partial charge on any atom is -0.366 e. The molecule has 0 bridgehead atoms. The van der Waals surface area contributed by atoms with Crippen molar-refractivity contribution in [1.29, 1.82) is 5.26 Å². The third kappa shape index (κ3) is 2.25. The van der Waals surface area contributed by atoms with Crippen LogP contribution in [0.25, 0.3) is 0 Å². The smallest absolute Gasteiger partial charge is 0.225 e. The Morgan fingerprint density at radius 3 is 2.33 bits per heavy atom. The van der Waals surface area contributed by atoms with E-state index in [1.54, 1.807) is 0 Å². The molecule has 0 aliphatic carbocycles. The van der Waals surface area contributed by atoms with Crippen LogP contribution >= 0.6 is 0 Å². The second-order valence-corrected chi connectivity index (χ2v) is 7.16. The largest absolute Gasteiger partial charge is 0.366 e. The predicted molar refractivity (Wildman–Crippen MR) is 78.6 cm³/mol. The molecule has 0 saturated carbocycles. The van der Waals surface area contributed by atoms with E-state index < -0.39 is 16.4 Å². The number of amides is 1. The van der Waals surface area contributed by atoms with Crippen molar-refractivity contribution in [2.45, 2.75) is 46.6 Å². The highest BCUT2D eigenvalue weighted by molar-refractivity contribution is 5.89. The van der Waals surface area contributed by atoms with Crippen LogP contribution < -0.4 is 10.6 Å². The Morgan fingerprint density at radius 2 is 1.95 bits per heavy atom. The number of nitrogens with one attached hydrogen (secondary N) is 2. The number of nitriles is 1. The van der Waals surface area contributed by atoms with Crippen LogP contribution in [0.3, 0.4) is 0 Å². The van der Waals surface area contributed by atoms with Crippen molar-refractivity contribution in [2.24, 2.45) is 10.8 Å². The summed E-state index contributed by atoms with van der Waals surface area (Å²) in [5.41, 5.74) is 0.0512. The highest BCUT2D eigenvalue weighted by Gasteiger charge is 2.47. The third-order valence-corrected chi connectivity index (χ3v) is 4.62. The molecule has 2 aliphatic rings. The third-order valence-electron chi connectivity index (χ3n) is 4.62. The number of allylic oxidation sites excluding steroid dienone is 2. The lowest BCUT2D eigenvalue weighted by atomic mass is 9.76. The number of hydrogen-bond donors (Lipinski definition) is 2. The first-order valence-corrected chi connectivity index (χ1v) is 6.99. The molecule has 0 spiro atoms. The maximum Gasteiger partial charge on any atom is 0.225 e. The lowest BCUT2D eigenvalue weighted by Gasteiger charge is -2.31. The molecular formula is C16H21N3O2. The number of nitrogens with zero attached hydrogens (tertiary/aromatic N) is 1. The fraction of sp³-hybridized carbons (Fsp3) is 0.562. The molecule has 0 aromatic carbocycles. The van der Waals surface area contributed by atoms with Crippen molar-refractivity contribution < 1.29 is 9.59 Å². The fourth-order valence-corrected chi connectivity index (χ4v) is 2.82. The van der Waals surface area contributed by atoms with Crippen LogP contribution in [-0.2, 0) is 9.59 Å². The van der Waals surface area contributed by atoms with Crippen molar-refractivity contribution in [3.63, 3.8) is 0 Å². The monoisotopic (exact) mass is 287 g/mol. The highest BCUT2D eigenvalue weighted by Crippen LogP contribution is 2.43. The molecule has 112 valence electrons. The Balaban J connectivity index is 2.54. The Hall–Kier alpha value is -2.09. The van der Waals surface area contributed by atoms with E-state index in [4.69, 9.17) is 0 Å². The van der Waals surface area contributed by atoms with Crippen LogP contribution in [0.4, 0.5) is 0 Å². The van der Waals surface area contributed by atoms with E-state index in [0.717, 1.165) is 6.29 Å². The van der Waals surface area contributed by atoms with Gasteiger partial charge < -0.3 is 10.6 Å². The lowest BCUT2D eigenvalue weighted by molar-refractivity contribution is -0.119. The molecular weight excluding hydrogens is 266 g/mol. The van der Waals surface area contributed by atoms with Crippen LogP contribution in [0, 0.1) is 22.2 Å². The zero-order valence-corrected chi connectivity index (χ0v) is 13.1. The molecule has 2 N–H and O–H groups in total. The zero-order valence-electron chi connectivity index (χ0n) is 13.1. The number of carbonyl (C=O) groups is 2. The van der Waals surface area contributed by atoms with E-state index in [1.807, 2.05) is 40.7 Å². The van der Waals surface area contributed by atoms with Gasteiger partial charge in [0.05, 0.1) is 11.6 Å². The molecule has 1 fully saturated rings. The number of aldehydes is 1. The van der Waals surface area contributed by atoms with Gasteiger partial charge in [0.1, 0.15) is 5.54 Å². The molecule has 1 saturated heterocycles. The molecule has 2 rings (SSSR count). The first-order chi connectivity index (χ1) is 9.56. The normalized spacial score (nSPS) is 31.8. The van der Waals surface area contributed by atoms with E-state index >= 15 is 0 Å². The average molecular weight is 287 g/mol. The van der Waals surface area contributed by atoms with Gasteiger partial charge in [-0.05, 0) is 6.92 Å². The summed E-state index contributed by atoms with van der Waals surface area (Å²) >= 11 is 0. The maximum atomic E-state index is 11.7. The molecule has 1 unspecified atom stereocenters. The van der Waals surface area contributed by atoms with Gasteiger partial charge in [0.2, 0.25) is 5.91 Å². The Labute approximate surface area is 125 Å². The minimum atomic E-state index is -0.788. The maximum absolute atomic E-state index is 11.7. The number of rotatable bonds is 2. The van der Waals surface area contributed by atoms with E-state index in [9.17, 15) is 14.9 Å². The van der Waals surface area contributed by atoms with Gasteiger partial charge in [-0.25, -0.2) is 0 Å². The molecule has 1 atom stereocenters. The summed E-state index contributed by atoms with van der Waals surface area (Å²) < 4.78 is 0. The second-order valence-electron chi connectivity index (χ2n) is 7.16. The standard InChI is InChI=1S/C16H21N3O2/c1-14(2)7-12(21)18-13(14)10(8-20)11-6-15(3,4)16(5,9-17)19-11/h6,8,19H,7H2,1-5H3,(H,18,21)/b13-10+. The summed E-state index contributed by atoms with van der Waals surface area (Å²) in [6, 6.07) is 2.27. The minimum absolute atomic E-state index is 0.0877. The quantitative estimate of drug-likeness (QED) is 0.599. The number of carbonyl (C=O) groups excluding carboxylic acids is 2. The molecule has 5 heteroatoms. The zero-order chi connectivity index (χ0) is 16.1. The van der Waals surface area contributed by atoms with Crippen molar-refractivity contribution in [3.05, 3.63) is 23.0 Å². The predicted octanol–water partition coefficient (Wildman–Crippen LogP) is 1.78. The van der Waals surface area contributed by atoms with E-state index in [-0.39, 0.29) is 5.91 Å². The SMILES string of the molecule is CC1(C)CC(=O)N/C1=C(\C=O)C1=CC(C)(C)C(C)(C#N)N1.